The molecule has 0 bridgehead atoms. The van der Waals surface area contributed by atoms with E-state index in [1.54, 1.807) is 4.90 Å². The summed E-state index contributed by atoms with van der Waals surface area (Å²) in [5, 5.41) is 3.35. The third-order valence-electron chi connectivity index (χ3n) is 3.94. The molecule has 2 rings (SSSR count). The van der Waals surface area contributed by atoms with E-state index in [0.29, 0.717) is 19.7 Å². The summed E-state index contributed by atoms with van der Waals surface area (Å²) in [5.74, 6) is 0.928. The monoisotopic (exact) mass is 460 g/mol. The highest BCUT2D eigenvalue weighted by Crippen LogP contribution is 2.05. The minimum atomic E-state index is -0.219. The van der Waals surface area contributed by atoms with Crippen LogP contribution in [-0.2, 0) is 11.2 Å². The van der Waals surface area contributed by atoms with Crippen molar-refractivity contribution in [3.05, 3.63) is 35.9 Å². The molecule has 140 valence electrons. The predicted octanol–water partition coefficient (Wildman–Crippen LogP) is 2.59. The number of carbonyl (C=O) groups is 1. The molecule has 1 aromatic carbocycles. The normalized spacial score (nSPS) is 14.7. The fraction of sp³-hybridized carbons (Fsp3) is 0.556. The lowest BCUT2D eigenvalue weighted by Gasteiger charge is -2.35. The number of aliphatic imine (C=N–C) groups is 1. The standard InChI is InChI=1S/C18H28N4O2.HI/c1-3-19-17(20-11-10-16-8-6-5-7-9-16)21-12-14-22(15-13-21)18(23)24-4-2;/h5-9H,3-4,10-15H2,1-2H3,(H,19,20);1H. The molecule has 25 heavy (non-hydrogen) atoms. The van der Waals surface area contributed by atoms with E-state index in [0.717, 1.165) is 38.6 Å². The summed E-state index contributed by atoms with van der Waals surface area (Å²) in [6.07, 6.45) is 0.710. The van der Waals surface area contributed by atoms with Gasteiger partial charge in [-0.05, 0) is 25.8 Å². The number of rotatable bonds is 5. The van der Waals surface area contributed by atoms with E-state index in [2.05, 4.69) is 41.4 Å². The summed E-state index contributed by atoms with van der Waals surface area (Å²) in [5.41, 5.74) is 1.30. The van der Waals surface area contributed by atoms with Gasteiger partial charge in [0.15, 0.2) is 5.96 Å². The van der Waals surface area contributed by atoms with E-state index < -0.39 is 0 Å². The number of nitrogens with one attached hydrogen (secondary N) is 1. The minimum absolute atomic E-state index is 0. The lowest BCUT2D eigenvalue weighted by molar-refractivity contribution is 0.0914. The number of carbonyl (C=O) groups excluding carboxylic acids is 1. The van der Waals surface area contributed by atoms with Gasteiger partial charge in [0.2, 0.25) is 0 Å². The molecule has 0 atom stereocenters. The van der Waals surface area contributed by atoms with Gasteiger partial charge in [0.05, 0.1) is 6.61 Å². The van der Waals surface area contributed by atoms with Crippen LogP contribution in [0.15, 0.2) is 35.3 Å². The van der Waals surface area contributed by atoms with Crippen LogP contribution in [0.5, 0.6) is 0 Å². The average Bonchev–Trinajstić information content (AvgIpc) is 2.62. The van der Waals surface area contributed by atoms with Crippen molar-refractivity contribution in [3.8, 4) is 0 Å². The summed E-state index contributed by atoms with van der Waals surface area (Å²) in [6.45, 7) is 8.80. The third kappa shape index (κ3) is 7.09. The largest absolute Gasteiger partial charge is 0.450 e. The SMILES string of the molecule is CCNC(=NCCc1ccccc1)N1CCN(C(=O)OCC)CC1.I. The number of guanidine groups is 1. The molecule has 0 aromatic heterocycles. The Bertz CT molecular complexity index is 531. The molecule has 1 N–H and O–H groups in total. The predicted molar refractivity (Wildman–Crippen MR) is 112 cm³/mol. The summed E-state index contributed by atoms with van der Waals surface area (Å²) < 4.78 is 5.06. The van der Waals surface area contributed by atoms with Crippen LogP contribution < -0.4 is 5.32 Å². The zero-order chi connectivity index (χ0) is 17.2. The van der Waals surface area contributed by atoms with Gasteiger partial charge in [0.25, 0.3) is 0 Å². The summed E-state index contributed by atoms with van der Waals surface area (Å²) in [4.78, 5) is 20.5. The quantitative estimate of drug-likeness (QED) is 0.417. The Balaban J connectivity index is 0.00000312. The molecule has 7 heteroatoms. The zero-order valence-electron chi connectivity index (χ0n) is 15.1. The van der Waals surface area contributed by atoms with Crippen LogP contribution in [0.3, 0.4) is 0 Å². The first-order valence-electron chi connectivity index (χ1n) is 8.73. The topological polar surface area (TPSA) is 57.2 Å². The number of nitrogens with zero attached hydrogens (tertiary/aromatic N) is 3. The molecule has 0 spiro atoms. The summed E-state index contributed by atoms with van der Waals surface area (Å²) in [6, 6.07) is 10.4. The fourth-order valence-corrected chi connectivity index (χ4v) is 2.68. The molecule has 1 fully saturated rings. The van der Waals surface area contributed by atoms with Gasteiger partial charge in [-0.2, -0.15) is 0 Å². The molecule has 1 aliphatic rings. The highest BCUT2D eigenvalue weighted by atomic mass is 127. The second-order valence-electron chi connectivity index (χ2n) is 5.64. The zero-order valence-corrected chi connectivity index (χ0v) is 17.4. The maximum atomic E-state index is 11.8. The van der Waals surface area contributed by atoms with Crippen molar-refractivity contribution in [1.82, 2.24) is 15.1 Å². The number of hydrogen-bond acceptors (Lipinski definition) is 3. The van der Waals surface area contributed by atoms with Crippen molar-refractivity contribution in [2.45, 2.75) is 20.3 Å². The molecule has 0 aliphatic carbocycles. The van der Waals surface area contributed by atoms with Gasteiger partial charge in [0.1, 0.15) is 0 Å². The van der Waals surface area contributed by atoms with Crippen molar-refractivity contribution in [2.75, 3.05) is 45.9 Å². The molecule has 1 aliphatic heterocycles. The number of piperazine rings is 1. The Hall–Kier alpha value is -1.51. The molecule has 1 aromatic rings. The Morgan fingerprint density at radius 1 is 1.12 bits per heavy atom. The smallest absolute Gasteiger partial charge is 0.409 e. The van der Waals surface area contributed by atoms with Gasteiger partial charge < -0.3 is 19.9 Å². The number of hydrogen-bond donors (Lipinski definition) is 1. The van der Waals surface area contributed by atoms with E-state index in [1.807, 2.05) is 13.0 Å². The number of halogens is 1. The van der Waals surface area contributed by atoms with Crippen LogP contribution in [0.2, 0.25) is 0 Å². The number of amides is 1. The molecule has 0 saturated carbocycles. The maximum absolute atomic E-state index is 11.8. The van der Waals surface area contributed by atoms with Gasteiger partial charge >= 0.3 is 6.09 Å². The molecule has 6 nitrogen and oxygen atoms in total. The van der Waals surface area contributed by atoms with Gasteiger partial charge in [-0.25, -0.2) is 4.79 Å². The molecule has 1 heterocycles. The maximum Gasteiger partial charge on any atom is 0.409 e. The van der Waals surface area contributed by atoms with E-state index in [-0.39, 0.29) is 30.1 Å². The van der Waals surface area contributed by atoms with Gasteiger partial charge in [-0.1, -0.05) is 30.3 Å². The van der Waals surface area contributed by atoms with E-state index in [1.165, 1.54) is 5.56 Å². The van der Waals surface area contributed by atoms with Crippen molar-refractivity contribution in [1.29, 1.82) is 0 Å². The van der Waals surface area contributed by atoms with Crippen LogP contribution in [0, 0.1) is 0 Å². The van der Waals surface area contributed by atoms with Crippen LogP contribution in [0.1, 0.15) is 19.4 Å². The van der Waals surface area contributed by atoms with Crippen molar-refractivity contribution in [2.24, 2.45) is 4.99 Å². The Labute approximate surface area is 167 Å². The highest BCUT2D eigenvalue weighted by Gasteiger charge is 2.23. The Morgan fingerprint density at radius 3 is 2.36 bits per heavy atom. The van der Waals surface area contributed by atoms with Crippen molar-refractivity contribution < 1.29 is 9.53 Å². The van der Waals surface area contributed by atoms with Crippen LogP contribution in [-0.4, -0.2) is 67.7 Å². The minimum Gasteiger partial charge on any atom is -0.450 e. The summed E-state index contributed by atoms with van der Waals surface area (Å²) in [7, 11) is 0. The van der Waals surface area contributed by atoms with E-state index >= 15 is 0 Å². The highest BCUT2D eigenvalue weighted by molar-refractivity contribution is 14.0. The van der Waals surface area contributed by atoms with E-state index in [4.69, 9.17) is 9.73 Å². The van der Waals surface area contributed by atoms with Crippen molar-refractivity contribution >= 4 is 36.0 Å². The first-order valence-corrected chi connectivity index (χ1v) is 8.73. The third-order valence-corrected chi connectivity index (χ3v) is 3.94. The molecular formula is C18H29IN4O2. The lowest BCUT2D eigenvalue weighted by Crippen LogP contribution is -2.54. The van der Waals surface area contributed by atoms with Crippen LogP contribution in [0.4, 0.5) is 4.79 Å². The Kier molecular flexibility index (Phi) is 10.3. The molecule has 1 saturated heterocycles. The van der Waals surface area contributed by atoms with E-state index in [9.17, 15) is 4.79 Å². The number of benzene rings is 1. The van der Waals surface area contributed by atoms with Crippen molar-refractivity contribution in [3.63, 3.8) is 0 Å². The molecule has 0 unspecified atom stereocenters. The lowest BCUT2D eigenvalue weighted by atomic mass is 10.2. The second-order valence-corrected chi connectivity index (χ2v) is 5.64. The molecule has 1 amide bonds. The summed E-state index contributed by atoms with van der Waals surface area (Å²) >= 11 is 0. The fourth-order valence-electron chi connectivity index (χ4n) is 2.68. The Morgan fingerprint density at radius 2 is 1.76 bits per heavy atom. The molecular weight excluding hydrogens is 431 g/mol. The van der Waals surface area contributed by atoms with Gasteiger partial charge in [-0.3, -0.25) is 4.99 Å². The van der Waals surface area contributed by atoms with Crippen LogP contribution >= 0.6 is 24.0 Å². The second kappa shape index (κ2) is 11.9. The average molecular weight is 460 g/mol. The number of ether oxygens (including phenoxy) is 1. The first-order chi connectivity index (χ1) is 11.7. The molecule has 0 radical (unpaired) electrons. The van der Waals surface area contributed by atoms with Crippen LogP contribution in [0.25, 0.3) is 0 Å². The van der Waals surface area contributed by atoms with Gasteiger partial charge in [0, 0.05) is 39.3 Å². The van der Waals surface area contributed by atoms with Gasteiger partial charge in [-0.15, -0.1) is 24.0 Å². The first kappa shape index (κ1) is 21.5.